The molecule has 1 amide bonds. The fourth-order valence-electron chi connectivity index (χ4n) is 1.85. The third kappa shape index (κ3) is 3.10. The molecule has 6 heteroatoms. The van der Waals surface area contributed by atoms with Crippen LogP contribution in [0, 0.1) is 6.92 Å². The van der Waals surface area contributed by atoms with E-state index < -0.39 is 6.10 Å². The molecule has 2 aromatic rings. The number of benzene rings is 1. The number of ether oxygens (including phenoxy) is 1. The number of aliphatic hydroxyl groups is 1. The van der Waals surface area contributed by atoms with Gasteiger partial charge in [0.1, 0.15) is 0 Å². The zero-order chi connectivity index (χ0) is 13.8. The molecule has 0 saturated carbocycles. The van der Waals surface area contributed by atoms with Crippen LogP contribution in [0.1, 0.15) is 16.1 Å². The summed E-state index contributed by atoms with van der Waals surface area (Å²) >= 11 is 0. The van der Waals surface area contributed by atoms with Gasteiger partial charge in [0.2, 0.25) is 0 Å². The molecule has 1 aromatic carbocycles. The third-order valence-corrected chi connectivity index (χ3v) is 2.79. The molecule has 3 N–H and O–H groups in total. The first-order valence-corrected chi connectivity index (χ1v) is 6.01. The van der Waals surface area contributed by atoms with Crippen molar-refractivity contribution < 1.29 is 14.6 Å². The van der Waals surface area contributed by atoms with E-state index in [2.05, 4.69) is 15.5 Å². The molecule has 19 heavy (non-hydrogen) atoms. The summed E-state index contributed by atoms with van der Waals surface area (Å²) < 4.78 is 4.79. The van der Waals surface area contributed by atoms with E-state index in [1.807, 2.05) is 25.1 Å². The van der Waals surface area contributed by atoms with Crippen molar-refractivity contribution in [3.05, 3.63) is 29.5 Å². The minimum Gasteiger partial charge on any atom is -0.389 e. The van der Waals surface area contributed by atoms with Crippen molar-refractivity contribution in [2.24, 2.45) is 0 Å². The van der Waals surface area contributed by atoms with Crippen LogP contribution in [0.5, 0.6) is 0 Å². The number of amides is 1. The van der Waals surface area contributed by atoms with E-state index in [0.717, 1.165) is 16.5 Å². The highest BCUT2D eigenvalue weighted by Crippen LogP contribution is 2.17. The molecule has 0 bridgehead atoms. The number of methoxy groups -OCH3 is 1. The van der Waals surface area contributed by atoms with E-state index in [9.17, 15) is 9.90 Å². The van der Waals surface area contributed by atoms with Crippen LogP contribution in [0.25, 0.3) is 10.9 Å². The van der Waals surface area contributed by atoms with Crippen LogP contribution in [0.4, 0.5) is 0 Å². The number of hydrogen-bond donors (Lipinski definition) is 3. The van der Waals surface area contributed by atoms with Crippen LogP contribution >= 0.6 is 0 Å². The van der Waals surface area contributed by atoms with Gasteiger partial charge in [0.05, 0.1) is 18.2 Å². The molecule has 102 valence electrons. The number of nitrogens with zero attached hydrogens (tertiary/aromatic N) is 1. The Morgan fingerprint density at radius 2 is 2.37 bits per heavy atom. The van der Waals surface area contributed by atoms with Crippen LogP contribution in [0.15, 0.2) is 18.2 Å². The van der Waals surface area contributed by atoms with Gasteiger partial charge in [-0.15, -0.1) is 0 Å². The Balaban J connectivity index is 2.11. The summed E-state index contributed by atoms with van der Waals surface area (Å²) in [4.78, 5) is 12.0. The van der Waals surface area contributed by atoms with Gasteiger partial charge in [0, 0.05) is 19.0 Å². The van der Waals surface area contributed by atoms with Crippen molar-refractivity contribution in [1.82, 2.24) is 15.5 Å². The Kier molecular flexibility index (Phi) is 4.13. The Morgan fingerprint density at radius 1 is 1.58 bits per heavy atom. The number of carbonyl (C=O) groups excluding carboxylic acids is 1. The van der Waals surface area contributed by atoms with Crippen LogP contribution in [-0.2, 0) is 4.74 Å². The first-order valence-electron chi connectivity index (χ1n) is 6.01. The second-order valence-electron chi connectivity index (χ2n) is 4.44. The maximum Gasteiger partial charge on any atom is 0.272 e. The van der Waals surface area contributed by atoms with Crippen molar-refractivity contribution in [2.45, 2.75) is 13.0 Å². The first kappa shape index (κ1) is 13.5. The van der Waals surface area contributed by atoms with Crippen LogP contribution in [0.2, 0.25) is 0 Å². The number of aromatic amines is 1. The number of nitrogens with one attached hydrogen (secondary N) is 2. The maximum absolute atomic E-state index is 12.0. The standard InChI is InChI=1S/C13H17N3O3/c1-8-3-4-11-10(5-8)12(16-15-11)13(18)14-6-9(17)7-19-2/h3-5,9,17H,6-7H2,1-2H3,(H,14,18)(H,15,16). The SMILES string of the molecule is COCC(O)CNC(=O)c1n[nH]c2ccc(C)cc12. The van der Waals surface area contributed by atoms with Crippen molar-refractivity contribution in [2.75, 3.05) is 20.3 Å². The molecule has 1 atom stereocenters. The Bertz CT molecular complexity index is 580. The number of hydrogen-bond acceptors (Lipinski definition) is 4. The maximum atomic E-state index is 12.0. The van der Waals surface area contributed by atoms with Gasteiger partial charge in [-0.2, -0.15) is 5.10 Å². The Hall–Kier alpha value is -1.92. The highest BCUT2D eigenvalue weighted by Gasteiger charge is 2.15. The van der Waals surface area contributed by atoms with Crippen LogP contribution in [0.3, 0.4) is 0 Å². The number of aliphatic hydroxyl groups excluding tert-OH is 1. The number of fused-ring (bicyclic) bond motifs is 1. The molecular formula is C13H17N3O3. The summed E-state index contributed by atoms with van der Waals surface area (Å²) in [5.41, 5.74) is 2.21. The van der Waals surface area contributed by atoms with Gasteiger partial charge < -0.3 is 15.2 Å². The van der Waals surface area contributed by atoms with Crippen molar-refractivity contribution >= 4 is 16.8 Å². The number of H-pyrrole nitrogens is 1. The minimum absolute atomic E-state index is 0.132. The summed E-state index contributed by atoms with van der Waals surface area (Å²) in [5.74, 6) is -0.313. The van der Waals surface area contributed by atoms with E-state index in [-0.39, 0.29) is 19.1 Å². The molecule has 0 radical (unpaired) electrons. The van der Waals surface area contributed by atoms with Gasteiger partial charge in [-0.05, 0) is 19.1 Å². The molecule has 0 aliphatic carbocycles. The van der Waals surface area contributed by atoms with Gasteiger partial charge in [-0.25, -0.2) is 0 Å². The molecule has 1 aromatic heterocycles. The number of aryl methyl sites for hydroxylation is 1. The second kappa shape index (κ2) is 5.81. The highest BCUT2D eigenvalue weighted by atomic mass is 16.5. The van der Waals surface area contributed by atoms with Crippen molar-refractivity contribution in [1.29, 1.82) is 0 Å². The molecule has 0 spiro atoms. The summed E-state index contributed by atoms with van der Waals surface area (Å²) in [6, 6.07) is 5.73. The Morgan fingerprint density at radius 3 is 3.11 bits per heavy atom. The second-order valence-corrected chi connectivity index (χ2v) is 4.44. The Labute approximate surface area is 110 Å². The quantitative estimate of drug-likeness (QED) is 0.737. The average Bonchev–Trinajstić information content (AvgIpc) is 2.79. The van der Waals surface area contributed by atoms with Gasteiger partial charge in [0.25, 0.3) is 5.91 Å². The fraction of sp³-hybridized carbons (Fsp3) is 0.385. The predicted molar refractivity (Wildman–Crippen MR) is 71.0 cm³/mol. The monoisotopic (exact) mass is 263 g/mol. The smallest absolute Gasteiger partial charge is 0.272 e. The summed E-state index contributed by atoms with van der Waals surface area (Å²) in [6.07, 6.45) is -0.721. The molecular weight excluding hydrogens is 246 g/mol. The van der Waals surface area contributed by atoms with Crippen molar-refractivity contribution in [3.63, 3.8) is 0 Å². The number of rotatable bonds is 5. The minimum atomic E-state index is -0.721. The lowest BCUT2D eigenvalue weighted by molar-refractivity contribution is 0.0609. The summed E-state index contributed by atoms with van der Waals surface area (Å²) in [5, 5.41) is 19.7. The summed E-state index contributed by atoms with van der Waals surface area (Å²) in [6.45, 7) is 2.27. The lowest BCUT2D eigenvalue weighted by Crippen LogP contribution is -2.34. The molecule has 0 saturated heterocycles. The van der Waals surface area contributed by atoms with E-state index in [4.69, 9.17) is 4.74 Å². The lowest BCUT2D eigenvalue weighted by atomic mass is 10.1. The molecule has 0 fully saturated rings. The number of aromatic nitrogens is 2. The normalized spacial score (nSPS) is 12.6. The van der Waals surface area contributed by atoms with Crippen LogP contribution < -0.4 is 5.32 Å². The first-order chi connectivity index (χ1) is 9.11. The van der Waals surface area contributed by atoms with Gasteiger partial charge in [0.15, 0.2) is 5.69 Å². The largest absolute Gasteiger partial charge is 0.389 e. The van der Waals surface area contributed by atoms with E-state index >= 15 is 0 Å². The van der Waals surface area contributed by atoms with Gasteiger partial charge in [-0.3, -0.25) is 9.89 Å². The van der Waals surface area contributed by atoms with Gasteiger partial charge >= 0.3 is 0 Å². The van der Waals surface area contributed by atoms with Crippen LogP contribution in [-0.4, -0.2) is 47.6 Å². The molecule has 1 unspecified atom stereocenters. The highest BCUT2D eigenvalue weighted by molar-refractivity contribution is 6.04. The molecule has 0 aliphatic rings. The van der Waals surface area contributed by atoms with Crippen molar-refractivity contribution in [3.8, 4) is 0 Å². The van der Waals surface area contributed by atoms with E-state index in [1.165, 1.54) is 7.11 Å². The predicted octanol–water partition coefficient (Wildman–Crippen LogP) is 0.608. The average molecular weight is 263 g/mol. The zero-order valence-corrected chi connectivity index (χ0v) is 10.9. The third-order valence-electron chi connectivity index (χ3n) is 2.79. The molecule has 6 nitrogen and oxygen atoms in total. The van der Waals surface area contributed by atoms with E-state index in [0.29, 0.717) is 5.69 Å². The summed E-state index contributed by atoms with van der Waals surface area (Å²) in [7, 11) is 1.50. The fourth-order valence-corrected chi connectivity index (χ4v) is 1.85. The molecule has 2 rings (SSSR count). The topological polar surface area (TPSA) is 87.2 Å². The molecule has 0 aliphatic heterocycles. The number of carbonyl (C=O) groups is 1. The lowest BCUT2D eigenvalue weighted by Gasteiger charge is -2.09. The van der Waals surface area contributed by atoms with Gasteiger partial charge in [-0.1, -0.05) is 11.6 Å². The van der Waals surface area contributed by atoms with E-state index in [1.54, 1.807) is 0 Å². The molecule has 1 heterocycles. The zero-order valence-electron chi connectivity index (χ0n) is 10.9.